The van der Waals surface area contributed by atoms with Crippen LogP contribution in [0.15, 0.2) is 66.7 Å². The van der Waals surface area contributed by atoms with E-state index < -0.39 is 29.9 Å². The molecular weight excluding hydrogens is 590 g/mol. The van der Waals surface area contributed by atoms with Gasteiger partial charge in [0.05, 0.1) is 11.5 Å². The van der Waals surface area contributed by atoms with Gasteiger partial charge in [0.25, 0.3) is 0 Å². The number of benzene rings is 3. The Balaban J connectivity index is 1.36. The summed E-state index contributed by atoms with van der Waals surface area (Å²) in [4.78, 5) is 24.3. The topological polar surface area (TPSA) is 87.1 Å². The van der Waals surface area contributed by atoms with Gasteiger partial charge in [-0.1, -0.05) is 42.5 Å². The zero-order chi connectivity index (χ0) is 32.4. The molecule has 0 unspecified atom stereocenters. The van der Waals surface area contributed by atoms with E-state index in [-0.39, 0.29) is 37.4 Å². The van der Waals surface area contributed by atoms with Crippen LogP contribution in [0.3, 0.4) is 0 Å². The summed E-state index contributed by atoms with van der Waals surface area (Å²) in [6, 6.07) is 18.7. The van der Waals surface area contributed by atoms with Gasteiger partial charge in [-0.05, 0) is 97.9 Å². The molecule has 0 saturated heterocycles. The first kappa shape index (κ1) is 34.0. The van der Waals surface area contributed by atoms with Crippen molar-refractivity contribution >= 4 is 11.9 Å². The molecule has 45 heavy (non-hydrogen) atoms. The molecule has 1 saturated carbocycles. The van der Waals surface area contributed by atoms with Crippen LogP contribution >= 0.6 is 0 Å². The Labute approximate surface area is 260 Å². The van der Waals surface area contributed by atoms with E-state index >= 15 is 0 Å². The maximum atomic E-state index is 14.2. The lowest BCUT2D eigenvalue weighted by molar-refractivity contribution is -0.182. The number of rotatable bonds is 15. The van der Waals surface area contributed by atoms with Gasteiger partial charge in [0.2, 0.25) is 0 Å². The minimum Gasteiger partial charge on any atom is -0.489 e. The van der Waals surface area contributed by atoms with Gasteiger partial charge in [-0.3, -0.25) is 9.69 Å². The minimum absolute atomic E-state index is 0.0806. The first-order valence-electron chi connectivity index (χ1n) is 15.3. The summed E-state index contributed by atoms with van der Waals surface area (Å²) in [5.74, 6) is -2.96. The molecule has 242 valence electrons. The summed E-state index contributed by atoms with van der Waals surface area (Å²) >= 11 is 0. The summed E-state index contributed by atoms with van der Waals surface area (Å²) in [6.45, 7) is 1.96. The molecule has 1 aliphatic rings. The highest BCUT2D eigenvalue weighted by Gasteiger charge is 2.41. The quantitative estimate of drug-likeness (QED) is 0.130. The van der Waals surface area contributed by atoms with Crippen LogP contribution in [0.5, 0.6) is 5.75 Å². The van der Waals surface area contributed by atoms with Gasteiger partial charge >= 0.3 is 18.1 Å². The zero-order valence-electron chi connectivity index (χ0n) is 25.1. The van der Waals surface area contributed by atoms with Crippen molar-refractivity contribution in [2.75, 3.05) is 13.1 Å². The molecule has 0 atom stereocenters. The largest absolute Gasteiger partial charge is 0.489 e. The van der Waals surface area contributed by atoms with Crippen molar-refractivity contribution in [3.05, 3.63) is 100 Å². The number of hydrogen-bond donors (Lipinski definition) is 2. The molecule has 0 radical (unpaired) electrons. The van der Waals surface area contributed by atoms with Crippen LogP contribution in [0.2, 0.25) is 0 Å². The molecular formula is C35H39F4NO5. The van der Waals surface area contributed by atoms with Crippen LogP contribution in [0.25, 0.3) is 0 Å². The molecule has 3 aromatic rings. The van der Waals surface area contributed by atoms with Gasteiger partial charge in [-0.2, -0.15) is 13.2 Å². The van der Waals surface area contributed by atoms with Gasteiger partial charge in [-0.15, -0.1) is 0 Å². The second-order valence-electron chi connectivity index (χ2n) is 11.8. The molecule has 0 bridgehead atoms. The summed E-state index contributed by atoms with van der Waals surface area (Å²) < 4.78 is 59.4. The number of halogens is 4. The number of unbranched alkanes of at least 4 members (excludes halogenated alkanes) is 1. The molecule has 3 aromatic carbocycles. The maximum Gasteiger partial charge on any atom is 0.391 e. The Bertz CT molecular complexity index is 1400. The van der Waals surface area contributed by atoms with Gasteiger partial charge < -0.3 is 14.9 Å². The average Bonchev–Trinajstić information content (AvgIpc) is 3.01. The Morgan fingerprint density at radius 1 is 0.844 bits per heavy atom. The van der Waals surface area contributed by atoms with E-state index in [4.69, 9.17) is 9.84 Å². The number of aliphatic carboxylic acids is 1. The predicted octanol–water partition coefficient (Wildman–Crippen LogP) is 8.24. The normalized spacial score (nSPS) is 16.9. The van der Waals surface area contributed by atoms with Gasteiger partial charge in [-0.25, -0.2) is 9.18 Å². The lowest BCUT2D eigenvalue weighted by Gasteiger charge is -2.30. The van der Waals surface area contributed by atoms with Crippen molar-refractivity contribution in [1.82, 2.24) is 4.90 Å². The first-order chi connectivity index (χ1) is 21.5. The van der Waals surface area contributed by atoms with Gasteiger partial charge in [0, 0.05) is 25.6 Å². The molecule has 1 aliphatic carbocycles. The van der Waals surface area contributed by atoms with Crippen LogP contribution in [-0.2, 0) is 24.4 Å². The van der Waals surface area contributed by atoms with Crippen molar-refractivity contribution in [2.45, 2.75) is 76.6 Å². The summed E-state index contributed by atoms with van der Waals surface area (Å²) in [6.07, 6.45) is -0.977. The van der Waals surface area contributed by atoms with Crippen LogP contribution < -0.4 is 4.74 Å². The Kier molecular flexibility index (Phi) is 12.0. The van der Waals surface area contributed by atoms with Gasteiger partial charge in [0.15, 0.2) is 0 Å². The van der Waals surface area contributed by atoms with E-state index in [1.165, 1.54) is 12.1 Å². The fraction of sp³-hybridized carbons (Fsp3) is 0.429. The number of aromatic carboxylic acids is 1. The van der Waals surface area contributed by atoms with Crippen molar-refractivity contribution < 1.29 is 42.1 Å². The Hall–Kier alpha value is -3.92. The van der Waals surface area contributed by atoms with Crippen molar-refractivity contribution in [3.8, 4) is 5.75 Å². The number of ether oxygens (including phenoxy) is 1. The number of hydrogen-bond acceptors (Lipinski definition) is 4. The predicted molar refractivity (Wildman–Crippen MR) is 162 cm³/mol. The van der Waals surface area contributed by atoms with Crippen LogP contribution in [0, 0.1) is 11.7 Å². The van der Waals surface area contributed by atoms with Crippen molar-refractivity contribution in [3.63, 3.8) is 0 Å². The number of carboxylic acids is 2. The molecule has 0 amide bonds. The lowest BCUT2D eigenvalue weighted by Crippen LogP contribution is -2.27. The van der Waals surface area contributed by atoms with E-state index in [9.17, 15) is 32.3 Å². The van der Waals surface area contributed by atoms with E-state index in [0.29, 0.717) is 57.5 Å². The second kappa shape index (κ2) is 15.9. The fourth-order valence-electron chi connectivity index (χ4n) is 5.84. The first-order valence-corrected chi connectivity index (χ1v) is 15.3. The zero-order valence-corrected chi connectivity index (χ0v) is 25.1. The maximum absolute atomic E-state index is 14.2. The molecule has 10 heteroatoms. The van der Waals surface area contributed by atoms with Crippen molar-refractivity contribution in [1.29, 1.82) is 0 Å². The fourth-order valence-corrected chi connectivity index (χ4v) is 5.84. The summed E-state index contributed by atoms with van der Waals surface area (Å²) in [5.41, 5.74) is 3.81. The molecule has 2 N–H and O–H groups in total. The molecule has 0 aliphatic heterocycles. The molecule has 4 rings (SSSR count). The summed E-state index contributed by atoms with van der Waals surface area (Å²) in [5, 5.41) is 18.2. The third-order valence-electron chi connectivity index (χ3n) is 8.48. The highest BCUT2D eigenvalue weighted by Crippen LogP contribution is 2.42. The molecule has 0 heterocycles. The van der Waals surface area contributed by atoms with Crippen LogP contribution in [-0.4, -0.2) is 46.3 Å². The van der Waals surface area contributed by atoms with E-state index in [1.807, 2.05) is 24.3 Å². The Morgan fingerprint density at radius 3 is 2.13 bits per heavy atom. The third kappa shape index (κ3) is 10.6. The average molecular weight is 630 g/mol. The van der Waals surface area contributed by atoms with E-state index in [0.717, 1.165) is 22.3 Å². The van der Waals surface area contributed by atoms with Crippen LogP contribution in [0.4, 0.5) is 17.6 Å². The van der Waals surface area contributed by atoms with E-state index in [1.54, 1.807) is 30.3 Å². The number of carbonyl (C=O) groups is 2. The second-order valence-corrected chi connectivity index (χ2v) is 11.8. The number of alkyl halides is 3. The smallest absolute Gasteiger partial charge is 0.391 e. The lowest BCUT2D eigenvalue weighted by atomic mass is 9.78. The Morgan fingerprint density at radius 2 is 1.51 bits per heavy atom. The molecule has 1 fully saturated rings. The monoisotopic (exact) mass is 629 g/mol. The number of carboxylic acid groups (broad SMARTS) is 2. The number of nitrogens with zero attached hydrogens (tertiary/aromatic N) is 1. The molecule has 0 aromatic heterocycles. The molecule has 0 spiro atoms. The SMILES string of the molecule is O=C(O)CCCCN(CCc1ccc(F)cc1OCc1ccc(C2CCC(C(F)(F)F)CC2)cc1)Cc1ccc(C(=O)O)cc1. The van der Waals surface area contributed by atoms with Crippen molar-refractivity contribution in [2.24, 2.45) is 5.92 Å². The highest BCUT2D eigenvalue weighted by molar-refractivity contribution is 5.87. The standard InChI is InChI=1S/C35H39F4NO5/c36-31-17-14-28(18-20-40(19-2-1-3-33(41)42)22-24-4-10-29(11-5-24)34(43)44)32(21-31)45-23-25-6-8-26(9-7-25)27-12-15-30(16-13-27)35(37,38)39/h4-11,14,17,21,27,30H,1-3,12-13,15-16,18-20,22-23H2,(H,41,42)(H,43,44). The minimum atomic E-state index is -4.13. The van der Waals surface area contributed by atoms with Crippen LogP contribution in [0.1, 0.15) is 83.5 Å². The third-order valence-corrected chi connectivity index (χ3v) is 8.48. The van der Waals surface area contributed by atoms with E-state index in [2.05, 4.69) is 4.90 Å². The highest BCUT2D eigenvalue weighted by atomic mass is 19.4. The van der Waals surface area contributed by atoms with Gasteiger partial charge in [0.1, 0.15) is 18.2 Å². The summed E-state index contributed by atoms with van der Waals surface area (Å²) in [7, 11) is 0. The molecule has 6 nitrogen and oxygen atoms in total.